The Hall–Kier alpha value is -2.17. The predicted molar refractivity (Wildman–Crippen MR) is 79.7 cm³/mol. The molecule has 1 saturated carbocycles. The van der Waals surface area contributed by atoms with Crippen LogP contribution in [0.3, 0.4) is 0 Å². The van der Waals surface area contributed by atoms with Crippen molar-refractivity contribution in [3.8, 4) is 0 Å². The molecule has 1 aliphatic carbocycles. The van der Waals surface area contributed by atoms with Crippen LogP contribution in [0.2, 0.25) is 0 Å². The molecule has 1 aromatic carbocycles. The summed E-state index contributed by atoms with van der Waals surface area (Å²) in [4.78, 5) is 16.3. The van der Waals surface area contributed by atoms with E-state index in [9.17, 15) is 4.79 Å². The lowest BCUT2D eigenvalue weighted by Gasteiger charge is -2.10. The Balaban J connectivity index is 1.79. The van der Waals surface area contributed by atoms with Crippen molar-refractivity contribution < 1.29 is 4.79 Å². The van der Waals surface area contributed by atoms with E-state index in [0.717, 1.165) is 37.3 Å². The van der Waals surface area contributed by atoms with Gasteiger partial charge < -0.3 is 5.73 Å². The first kappa shape index (κ1) is 13.8. The van der Waals surface area contributed by atoms with Crippen molar-refractivity contribution in [1.82, 2.24) is 14.8 Å². The van der Waals surface area contributed by atoms with Crippen LogP contribution in [-0.4, -0.2) is 20.7 Å². The molecule has 0 bridgehead atoms. The molecule has 0 atom stereocenters. The van der Waals surface area contributed by atoms with Gasteiger partial charge in [-0.05, 0) is 31.7 Å². The molecule has 0 spiro atoms. The fraction of sp³-hybridized carbons (Fsp3) is 0.438. The lowest BCUT2D eigenvalue weighted by atomic mass is 10.1. The van der Waals surface area contributed by atoms with Crippen molar-refractivity contribution in [2.24, 2.45) is 5.73 Å². The molecule has 1 fully saturated rings. The fourth-order valence-electron chi connectivity index (χ4n) is 2.68. The van der Waals surface area contributed by atoms with E-state index in [-0.39, 0.29) is 5.91 Å². The smallest absolute Gasteiger partial charge is 0.231 e. The Labute approximate surface area is 124 Å². The van der Waals surface area contributed by atoms with Gasteiger partial charge in [0.25, 0.3) is 0 Å². The van der Waals surface area contributed by atoms with Crippen LogP contribution in [-0.2, 0) is 29.6 Å². The van der Waals surface area contributed by atoms with E-state index in [4.69, 9.17) is 5.73 Å². The molecular formula is C16H20N4O. The summed E-state index contributed by atoms with van der Waals surface area (Å²) < 4.78 is 1.83. The molecule has 2 N–H and O–H groups in total. The van der Waals surface area contributed by atoms with Crippen molar-refractivity contribution >= 4 is 5.91 Å². The van der Waals surface area contributed by atoms with Gasteiger partial charge in [-0.25, -0.2) is 9.67 Å². The Bertz CT molecular complexity index is 644. The van der Waals surface area contributed by atoms with Crippen molar-refractivity contribution in [2.45, 2.75) is 44.6 Å². The number of benzene rings is 1. The van der Waals surface area contributed by atoms with Gasteiger partial charge in [-0.15, -0.1) is 0 Å². The lowest BCUT2D eigenvalue weighted by molar-refractivity contribution is -0.120. The van der Waals surface area contributed by atoms with Gasteiger partial charge in [0.1, 0.15) is 11.2 Å². The standard InChI is InChI=1S/C16H20N4O/c1-2-20-15(16(10-11-16)14(17)21)18-13(19-20)9-8-12-6-4-3-5-7-12/h3-7H,2,8-11H2,1H3,(H2,17,21). The predicted octanol–water partition coefficient (Wildman–Crippen LogP) is 1.60. The second kappa shape index (κ2) is 5.31. The highest BCUT2D eigenvalue weighted by atomic mass is 16.1. The lowest BCUT2D eigenvalue weighted by Crippen LogP contribution is -2.31. The summed E-state index contributed by atoms with van der Waals surface area (Å²) in [6.45, 7) is 2.72. The number of nitrogens with zero attached hydrogens (tertiary/aromatic N) is 3. The van der Waals surface area contributed by atoms with E-state index in [2.05, 4.69) is 22.2 Å². The quantitative estimate of drug-likeness (QED) is 0.875. The maximum absolute atomic E-state index is 11.7. The van der Waals surface area contributed by atoms with Crippen LogP contribution in [0.1, 0.15) is 37.0 Å². The molecular weight excluding hydrogens is 264 g/mol. The maximum atomic E-state index is 11.7. The van der Waals surface area contributed by atoms with E-state index >= 15 is 0 Å². The second-order valence-corrected chi connectivity index (χ2v) is 5.60. The first-order valence-electron chi connectivity index (χ1n) is 7.44. The molecule has 3 rings (SSSR count). The molecule has 1 aliphatic rings. The van der Waals surface area contributed by atoms with E-state index in [1.165, 1.54) is 5.56 Å². The maximum Gasteiger partial charge on any atom is 0.231 e. The van der Waals surface area contributed by atoms with Crippen LogP contribution in [0.4, 0.5) is 0 Å². The normalized spacial score (nSPS) is 15.9. The summed E-state index contributed by atoms with van der Waals surface area (Å²) in [7, 11) is 0. The number of amides is 1. The summed E-state index contributed by atoms with van der Waals surface area (Å²) >= 11 is 0. The molecule has 5 heteroatoms. The monoisotopic (exact) mass is 284 g/mol. The minimum Gasteiger partial charge on any atom is -0.369 e. The average molecular weight is 284 g/mol. The number of carbonyl (C=O) groups excluding carboxylic acids is 1. The zero-order valence-corrected chi connectivity index (χ0v) is 12.2. The third kappa shape index (κ3) is 2.55. The highest BCUT2D eigenvalue weighted by Crippen LogP contribution is 2.47. The second-order valence-electron chi connectivity index (χ2n) is 5.60. The topological polar surface area (TPSA) is 73.8 Å². The zero-order valence-electron chi connectivity index (χ0n) is 12.2. The number of aryl methyl sites for hydroxylation is 3. The number of hydrogen-bond donors (Lipinski definition) is 1. The van der Waals surface area contributed by atoms with Crippen molar-refractivity contribution in [1.29, 1.82) is 0 Å². The molecule has 110 valence electrons. The zero-order chi connectivity index (χ0) is 14.9. The molecule has 0 saturated heterocycles. The van der Waals surface area contributed by atoms with Crippen LogP contribution < -0.4 is 5.73 Å². The first-order valence-corrected chi connectivity index (χ1v) is 7.44. The average Bonchev–Trinajstić information content (AvgIpc) is 3.21. The largest absolute Gasteiger partial charge is 0.369 e. The van der Waals surface area contributed by atoms with Crippen molar-refractivity contribution in [3.63, 3.8) is 0 Å². The van der Waals surface area contributed by atoms with Gasteiger partial charge in [0, 0.05) is 13.0 Å². The Kier molecular flexibility index (Phi) is 3.49. The van der Waals surface area contributed by atoms with Crippen LogP contribution >= 0.6 is 0 Å². The highest BCUT2D eigenvalue weighted by Gasteiger charge is 2.54. The van der Waals surface area contributed by atoms with E-state index in [0.29, 0.717) is 6.54 Å². The summed E-state index contributed by atoms with van der Waals surface area (Å²) in [6.07, 6.45) is 3.26. The SMILES string of the molecule is CCn1nc(CCc2ccccc2)nc1C1(C(N)=O)CC1. The minimum atomic E-state index is -0.562. The van der Waals surface area contributed by atoms with Gasteiger partial charge in [0.05, 0.1) is 0 Å². The third-order valence-corrected chi connectivity index (χ3v) is 4.14. The summed E-state index contributed by atoms with van der Waals surface area (Å²) in [5.74, 6) is 1.27. The Morgan fingerprint density at radius 2 is 2.00 bits per heavy atom. The van der Waals surface area contributed by atoms with Gasteiger partial charge in [-0.1, -0.05) is 30.3 Å². The third-order valence-electron chi connectivity index (χ3n) is 4.14. The molecule has 0 aliphatic heterocycles. The number of aromatic nitrogens is 3. The van der Waals surface area contributed by atoms with Crippen LogP contribution in [0, 0.1) is 0 Å². The molecule has 0 radical (unpaired) electrons. The molecule has 21 heavy (non-hydrogen) atoms. The molecule has 1 amide bonds. The number of primary amides is 1. The van der Waals surface area contributed by atoms with Gasteiger partial charge in [-0.2, -0.15) is 5.10 Å². The minimum absolute atomic E-state index is 0.279. The summed E-state index contributed by atoms with van der Waals surface area (Å²) in [5, 5.41) is 4.53. The van der Waals surface area contributed by atoms with Gasteiger partial charge in [-0.3, -0.25) is 4.79 Å². The Morgan fingerprint density at radius 1 is 1.29 bits per heavy atom. The summed E-state index contributed by atoms with van der Waals surface area (Å²) in [6, 6.07) is 10.3. The van der Waals surface area contributed by atoms with Gasteiger partial charge in [0.2, 0.25) is 5.91 Å². The molecule has 1 aromatic heterocycles. The summed E-state index contributed by atoms with van der Waals surface area (Å²) in [5.41, 5.74) is 6.25. The van der Waals surface area contributed by atoms with Crippen molar-refractivity contribution in [2.75, 3.05) is 0 Å². The molecule has 2 aromatic rings. The van der Waals surface area contributed by atoms with E-state index in [1.807, 2.05) is 29.8 Å². The van der Waals surface area contributed by atoms with Crippen LogP contribution in [0.25, 0.3) is 0 Å². The number of nitrogens with two attached hydrogens (primary N) is 1. The molecule has 0 unspecified atom stereocenters. The highest BCUT2D eigenvalue weighted by molar-refractivity contribution is 5.88. The van der Waals surface area contributed by atoms with Gasteiger partial charge in [0.15, 0.2) is 5.82 Å². The molecule has 5 nitrogen and oxygen atoms in total. The van der Waals surface area contributed by atoms with Crippen LogP contribution in [0.15, 0.2) is 30.3 Å². The number of hydrogen-bond acceptors (Lipinski definition) is 3. The van der Waals surface area contributed by atoms with E-state index < -0.39 is 5.41 Å². The first-order chi connectivity index (χ1) is 10.2. The number of carbonyl (C=O) groups is 1. The number of rotatable bonds is 6. The van der Waals surface area contributed by atoms with Gasteiger partial charge >= 0.3 is 0 Å². The van der Waals surface area contributed by atoms with Crippen molar-refractivity contribution in [3.05, 3.63) is 47.5 Å². The van der Waals surface area contributed by atoms with Crippen LogP contribution in [0.5, 0.6) is 0 Å². The molecule has 1 heterocycles. The Morgan fingerprint density at radius 3 is 2.57 bits per heavy atom. The van der Waals surface area contributed by atoms with E-state index in [1.54, 1.807) is 0 Å². The fourth-order valence-corrected chi connectivity index (χ4v) is 2.68.